The summed E-state index contributed by atoms with van der Waals surface area (Å²) in [6.07, 6.45) is 10.3. The number of imide groups is 1. The summed E-state index contributed by atoms with van der Waals surface area (Å²) in [5, 5.41) is 2.92. The number of carbonyl (C=O) groups excluding carboxylic acids is 3. The molecular formula is C23H28ClN5O4. The van der Waals surface area contributed by atoms with Crippen LogP contribution in [0.4, 0.5) is 4.79 Å². The highest BCUT2D eigenvalue weighted by molar-refractivity contribution is 6.04. The summed E-state index contributed by atoms with van der Waals surface area (Å²) in [5.41, 5.74) is 3.12. The number of morpholine rings is 1. The molecule has 176 valence electrons. The second kappa shape index (κ2) is 9.62. The highest BCUT2D eigenvalue weighted by Gasteiger charge is 2.37. The van der Waals surface area contributed by atoms with E-state index in [0.717, 1.165) is 49.8 Å². The number of nitrogens with one attached hydrogen (secondary N) is 1. The summed E-state index contributed by atoms with van der Waals surface area (Å²) in [6.45, 7) is 4.72. The third-order valence-electron chi connectivity index (χ3n) is 6.46. The van der Waals surface area contributed by atoms with Crippen molar-refractivity contribution in [2.75, 3.05) is 53.0 Å². The number of allylic oxidation sites excluding steroid dienone is 2. The molecule has 5 rings (SSSR count). The van der Waals surface area contributed by atoms with E-state index in [9.17, 15) is 14.4 Å². The third-order valence-corrected chi connectivity index (χ3v) is 6.46. The van der Waals surface area contributed by atoms with Crippen LogP contribution in [0.1, 0.15) is 6.42 Å². The molecule has 1 aliphatic carbocycles. The predicted molar refractivity (Wildman–Crippen MR) is 125 cm³/mol. The average molecular weight is 474 g/mol. The van der Waals surface area contributed by atoms with Gasteiger partial charge >= 0.3 is 6.03 Å². The van der Waals surface area contributed by atoms with Gasteiger partial charge in [-0.1, -0.05) is 6.08 Å². The van der Waals surface area contributed by atoms with Crippen LogP contribution in [0.5, 0.6) is 0 Å². The minimum Gasteiger partial charge on any atom is -0.379 e. The number of ether oxygens (including phenoxy) is 1. The molecule has 10 heteroatoms. The van der Waals surface area contributed by atoms with Gasteiger partial charge in [-0.2, -0.15) is 0 Å². The first-order valence-electron chi connectivity index (χ1n) is 11.0. The number of nitrogens with zero attached hydrogens (tertiary/aromatic N) is 4. The van der Waals surface area contributed by atoms with Gasteiger partial charge in [-0.05, 0) is 36.1 Å². The third kappa shape index (κ3) is 4.80. The Hall–Kier alpha value is -2.75. The van der Waals surface area contributed by atoms with Crippen LogP contribution in [0.25, 0.3) is 0 Å². The number of urea groups is 1. The van der Waals surface area contributed by atoms with Crippen molar-refractivity contribution in [3.63, 3.8) is 0 Å². The van der Waals surface area contributed by atoms with Gasteiger partial charge in [-0.3, -0.25) is 24.4 Å². The Morgan fingerprint density at radius 3 is 2.73 bits per heavy atom. The predicted octanol–water partition coefficient (Wildman–Crippen LogP) is 1.11. The van der Waals surface area contributed by atoms with Gasteiger partial charge < -0.3 is 15.0 Å². The Kier molecular flexibility index (Phi) is 6.83. The van der Waals surface area contributed by atoms with E-state index in [0.29, 0.717) is 18.5 Å². The molecule has 0 aromatic carbocycles. The number of carbonyl (C=O) groups is 3. The summed E-state index contributed by atoms with van der Waals surface area (Å²) in [4.78, 5) is 46.6. The molecule has 0 bridgehead atoms. The van der Waals surface area contributed by atoms with Gasteiger partial charge in [-0.25, -0.2) is 4.79 Å². The molecule has 4 amide bonds. The van der Waals surface area contributed by atoms with Crippen LogP contribution in [-0.4, -0.2) is 91.7 Å². The molecule has 9 nitrogen and oxygen atoms in total. The summed E-state index contributed by atoms with van der Waals surface area (Å²) in [5.74, 6) is -0.125. The maximum absolute atomic E-state index is 12.6. The SMILES string of the molecule is CN1CC(=O)N(CC2C=CC3=C(C2)C(=CC2=CC(CN4CCOCC4)C=N2)C(=O)N3)C1=O.Cl. The molecule has 0 aromatic heterocycles. The highest BCUT2D eigenvalue weighted by atomic mass is 35.5. The maximum atomic E-state index is 12.6. The topological polar surface area (TPSA) is 94.6 Å². The number of amides is 4. The van der Waals surface area contributed by atoms with Crippen molar-refractivity contribution in [2.24, 2.45) is 16.8 Å². The molecule has 0 radical (unpaired) electrons. The minimum atomic E-state index is -0.267. The number of aliphatic imine (C=N–C) groups is 1. The van der Waals surface area contributed by atoms with E-state index in [1.165, 1.54) is 9.80 Å². The van der Waals surface area contributed by atoms with Gasteiger partial charge in [0.25, 0.3) is 5.91 Å². The smallest absolute Gasteiger partial charge is 0.326 e. The Morgan fingerprint density at radius 1 is 1.21 bits per heavy atom. The fraction of sp³-hybridized carbons (Fsp3) is 0.478. The monoisotopic (exact) mass is 473 g/mol. The molecule has 0 spiro atoms. The van der Waals surface area contributed by atoms with Crippen molar-refractivity contribution >= 4 is 36.5 Å². The number of hydrogen-bond acceptors (Lipinski definition) is 6. The van der Waals surface area contributed by atoms with Crippen molar-refractivity contribution in [1.82, 2.24) is 20.0 Å². The molecular weight excluding hydrogens is 446 g/mol. The second-order valence-electron chi connectivity index (χ2n) is 8.82. The zero-order valence-electron chi connectivity index (χ0n) is 18.5. The van der Waals surface area contributed by atoms with Crippen LogP contribution >= 0.6 is 12.4 Å². The number of halogens is 1. The molecule has 2 fully saturated rings. The van der Waals surface area contributed by atoms with Crippen molar-refractivity contribution in [3.8, 4) is 0 Å². The molecule has 0 aromatic rings. The van der Waals surface area contributed by atoms with E-state index < -0.39 is 0 Å². The van der Waals surface area contributed by atoms with Gasteiger partial charge in [0.05, 0.1) is 18.9 Å². The van der Waals surface area contributed by atoms with Crippen LogP contribution < -0.4 is 5.32 Å². The Balaban J connectivity index is 0.00000259. The lowest BCUT2D eigenvalue weighted by atomic mass is 9.89. The lowest BCUT2D eigenvalue weighted by molar-refractivity contribution is -0.125. The first-order valence-corrected chi connectivity index (χ1v) is 11.0. The van der Waals surface area contributed by atoms with E-state index in [4.69, 9.17) is 4.74 Å². The number of hydrogen-bond donors (Lipinski definition) is 1. The molecule has 5 aliphatic rings. The Labute approximate surface area is 198 Å². The van der Waals surface area contributed by atoms with E-state index in [1.54, 1.807) is 7.05 Å². The molecule has 2 saturated heterocycles. The number of likely N-dealkylation sites (N-methyl/N-ethyl adjacent to an activating group) is 1. The fourth-order valence-electron chi connectivity index (χ4n) is 4.74. The van der Waals surface area contributed by atoms with Gasteiger partial charge in [0.2, 0.25) is 5.91 Å². The molecule has 2 atom stereocenters. The van der Waals surface area contributed by atoms with Crippen LogP contribution in [0, 0.1) is 11.8 Å². The van der Waals surface area contributed by atoms with Gasteiger partial charge in [-0.15, -0.1) is 12.4 Å². The van der Waals surface area contributed by atoms with Crippen LogP contribution in [0.2, 0.25) is 0 Å². The van der Waals surface area contributed by atoms with E-state index >= 15 is 0 Å². The van der Waals surface area contributed by atoms with Crippen LogP contribution in [-0.2, 0) is 14.3 Å². The molecule has 2 unspecified atom stereocenters. The Bertz CT molecular complexity index is 1010. The van der Waals surface area contributed by atoms with Gasteiger partial charge in [0.15, 0.2) is 0 Å². The highest BCUT2D eigenvalue weighted by Crippen LogP contribution is 2.34. The van der Waals surface area contributed by atoms with Crippen molar-refractivity contribution in [2.45, 2.75) is 6.42 Å². The van der Waals surface area contributed by atoms with Crippen molar-refractivity contribution in [1.29, 1.82) is 0 Å². The zero-order chi connectivity index (χ0) is 22.2. The number of rotatable bonds is 5. The summed E-state index contributed by atoms with van der Waals surface area (Å²) in [6, 6.07) is -0.267. The molecule has 33 heavy (non-hydrogen) atoms. The summed E-state index contributed by atoms with van der Waals surface area (Å²) >= 11 is 0. The lowest BCUT2D eigenvalue weighted by Gasteiger charge is -2.27. The Morgan fingerprint density at radius 2 is 2.00 bits per heavy atom. The molecule has 1 N–H and O–H groups in total. The van der Waals surface area contributed by atoms with Crippen LogP contribution in [0.3, 0.4) is 0 Å². The molecule has 4 heterocycles. The lowest BCUT2D eigenvalue weighted by Crippen LogP contribution is -2.39. The minimum absolute atomic E-state index is 0. The maximum Gasteiger partial charge on any atom is 0.326 e. The second-order valence-corrected chi connectivity index (χ2v) is 8.82. The molecule has 0 saturated carbocycles. The van der Waals surface area contributed by atoms with Gasteiger partial charge in [0, 0.05) is 56.6 Å². The zero-order valence-corrected chi connectivity index (χ0v) is 19.3. The average Bonchev–Trinajstić information content (AvgIpc) is 3.42. The van der Waals surface area contributed by atoms with E-state index in [-0.39, 0.29) is 48.6 Å². The quantitative estimate of drug-likeness (QED) is 0.476. The summed E-state index contributed by atoms with van der Waals surface area (Å²) in [7, 11) is 1.63. The van der Waals surface area contributed by atoms with E-state index in [2.05, 4.69) is 21.3 Å². The fourth-order valence-corrected chi connectivity index (χ4v) is 4.74. The summed E-state index contributed by atoms with van der Waals surface area (Å²) < 4.78 is 5.41. The van der Waals surface area contributed by atoms with Crippen molar-refractivity contribution in [3.05, 3.63) is 46.8 Å². The first-order chi connectivity index (χ1) is 15.5. The van der Waals surface area contributed by atoms with Crippen LogP contribution in [0.15, 0.2) is 51.8 Å². The molecule has 4 aliphatic heterocycles. The normalized spacial score (nSPS) is 28.6. The van der Waals surface area contributed by atoms with E-state index in [1.807, 2.05) is 24.4 Å². The standard InChI is InChI=1S/C23H27N5O4.ClH/c1-26-14-21(29)28(23(26)31)13-15-2-3-20-18(9-15)19(22(30)25-20)10-17-8-16(11-24-17)12-27-4-6-32-7-5-27;/h2-3,8,10-11,15-16H,4-7,9,12-14H2,1H3,(H,25,30);1H. The van der Waals surface area contributed by atoms with Gasteiger partial charge in [0.1, 0.15) is 6.54 Å². The first kappa shape index (κ1) is 23.4. The van der Waals surface area contributed by atoms with Crippen molar-refractivity contribution < 1.29 is 19.1 Å². The largest absolute Gasteiger partial charge is 0.379 e.